The van der Waals surface area contributed by atoms with Gasteiger partial charge in [0.25, 0.3) is 0 Å². The Labute approximate surface area is 127 Å². The van der Waals surface area contributed by atoms with Crippen LogP contribution in [0.2, 0.25) is 0 Å². The normalized spacial score (nSPS) is 23.1. The summed E-state index contributed by atoms with van der Waals surface area (Å²) in [7, 11) is 0. The van der Waals surface area contributed by atoms with E-state index < -0.39 is 5.60 Å². The fourth-order valence-electron chi connectivity index (χ4n) is 3.00. The zero-order valence-corrected chi connectivity index (χ0v) is 13.8. The molecule has 1 aliphatic rings. The van der Waals surface area contributed by atoms with Gasteiger partial charge in [-0.3, -0.25) is 0 Å². The Morgan fingerprint density at radius 1 is 1.29 bits per heavy atom. The molecule has 118 valence electrons. The molecule has 5 nitrogen and oxygen atoms in total. The van der Waals surface area contributed by atoms with Gasteiger partial charge in [-0.15, -0.1) is 5.10 Å². The van der Waals surface area contributed by atoms with Gasteiger partial charge in [-0.2, -0.15) is 0 Å². The number of aromatic nitrogens is 3. The van der Waals surface area contributed by atoms with E-state index in [9.17, 15) is 4.79 Å². The van der Waals surface area contributed by atoms with Crippen molar-refractivity contribution in [3.63, 3.8) is 0 Å². The molecule has 0 spiro atoms. The number of esters is 1. The number of hydrogen-bond acceptors (Lipinski definition) is 4. The molecule has 0 atom stereocenters. The second-order valence-electron chi connectivity index (χ2n) is 7.05. The van der Waals surface area contributed by atoms with E-state index in [-0.39, 0.29) is 5.97 Å². The average molecular weight is 293 g/mol. The van der Waals surface area contributed by atoms with Crippen molar-refractivity contribution in [2.45, 2.75) is 78.4 Å². The molecule has 0 N–H and O–H groups in total. The van der Waals surface area contributed by atoms with Crippen LogP contribution in [0.5, 0.6) is 0 Å². The van der Waals surface area contributed by atoms with Crippen molar-refractivity contribution >= 4 is 5.97 Å². The maximum absolute atomic E-state index is 12.1. The minimum atomic E-state index is -0.507. The second kappa shape index (κ2) is 6.16. The van der Waals surface area contributed by atoms with Crippen molar-refractivity contribution < 1.29 is 9.53 Å². The third-order valence-corrected chi connectivity index (χ3v) is 4.26. The highest BCUT2D eigenvalue weighted by Gasteiger charge is 2.28. The number of carbonyl (C=O) groups is 1. The van der Waals surface area contributed by atoms with Gasteiger partial charge in [-0.05, 0) is 59.3 Å². The Morgan fingerprint density at radius 2 is 1.90 bits per heavy atom. The van der Waals surface area contributed by atoms with Crippen molar-refractivity contribution in [2.75, 3.05) is 0 Å². The first-order chi connectivity index (χ1) is 9.81. The predicted octanol–water partition coefficient (Wildman–Crippen LogP) is 3.68. The molecular weight excluding hydrogens is 266 g/mol. The summed E-state index contributed by atoms with van der Waals surface area (Å²) in [5, 5.41) is 8.26. The highest BCUT2D eigenvalue weighted by Crippen LogP contribution is 2.34. The largest absolute Gasteiger partial charge is 0.455 e. The van der Waals surface area contributed by atoms with Gasteiger partial charge in [-0.25, -0.2) is 9.48 Å². The molecule has 1 aromatic heterocycles. The van der Waals surface area contributed by atoms with Crippen LogP contribution in [-0.2, 0) is 4.74 Å². The van der Waals surface area contributed by atoms with Gasteiger partial charge >= 0.3 is 5.97 Å². The number of nitrogens with zero attached hydrogens (tertiary/aromatic N) is 3. The van der Waals surface area contributed by atoms with E-state index in [4.69, 9.17) is 4.74 Å². The Balaban J connectivity index is 2.09. The lowest BCUT2D eigenvalue weighted by molar-refractivity contribution is 0.00618. The Hall–Kier alpha value is -1.39. The van der Waals surface area contributed by atoms with Crippen LogP contribution in [0.4, 0.5) is 0 Å². The van der Waals surface area contributed by atoms with Crippen LogP contribution in [0.25, 0.3) is 0 Å². The molecule has 1 saturated carbocycles. The van der Waals surface area contributed by atoms with Gasteiger partial charge in [-0.1, -0.05) is 18.6 Å². The second-order valence-corrected chi connectivity index (χ2v) is 7.05. The van der Waals surface area contributed by atoms with Crippen molar-refractivity contribution in [1.82, 2.24) is 15.0 Å². The van der Waals surface area contributed by atoms with E-state index in [1.165, 1.54) is 19.3 Å². The molecule has 0 unspecified atom stereocenters. The van der Waals surface area contributed by atoms with E-state index in [2.05, 4.69) is 17.2 Å². The number of hydrogen-bond donors (Lipinski definition) is 0. The van der Waals surface area contributed by atoms with Crippen molar-refractivity contribution in [3.05, 3.63) is 11.4 Å². The molecule has 0 amide bonds. The first kappa shape index (κ1) is 16.0. The van der Waals surface area contributed by atoms with E-state index in [1.807, 2.05) is 32.4 Å². The summed E-state index contributed by atoms with van der Waals surface area (Å²) in [4.78, 5) is 12.1. The van der Waals surface area contributed by atoms with Crippen LogP contribution in [0.3, 0.4) is 0 Å². The summed E-state index contributed by atoms with van der Waals surface area (Å²) in [5.74, 6) is 0.462. The molecular formula is C16H27N3O2. The standard InChI is InChI=1S/C16H27N3O2/c1-6-12-7-9-13(10-8-12)19-11(2)14(17-18-19)15(20)21-16(3,4)5/h12-13H,6-10H2,1-5H3. The lowest BCUT2D eigenvalue weighted by Crippen LogP contribution is -2.25. The Morgan fingerprint density at radius 3 is 2.43 bits per heavy atom. The number of rotatable bonds is 3. The number of ether oxygens (including phenoxy) is 1. The molecule has 1 heterocycles. The van der Waals surface area contributed by atoms with Gasteiger partial charge in [0.1, 0.15) is 5.60 Å². The first-order valence-electron chi connectivity index (χ1n) is 7.97. The molecule has 0 aromatic carbocycles. The van der Waals surface area contributed by atoms with Gasteiger partial charge in [0.2, 0.25) is 0 Å². The van der Waals surface area contributed by atoms with Crippen LogP contribution >= 0.6 is 0 Å². The van der Waals surface area contributed by atoms with E-state index in [1.54, 1.807) is 0 Å². The smallest absolute Gasteiger partial charge is 0.361 e. The molecule has 1 aromatic rings. The summed E-state index contributed by atoms with van der Waals surface area (Å²) in [5.41, 5.74) is 0.665. The molecule has 0 aliphatic heterocycles. The van der Waals surface area contributed by atoms with Gasteiger partial charge in [0.15, 0.2) is 5.69 Å². The van der Waals surface area contributed by atoms with Crippen LogP contribution in [0.1, 0.15) is 82.0 Å². The Bertz CT molecular complexity index is 494. The van der Waals surface area contributed by atoms with Gasteiger partial charge in [0.05, 0.1) is 11.7 Å². The zero-order chi connectivity index (χ0) is 15.6. The van der Waals surface area contributed by atoms with E-state index in [0.717, 1.165) is 24.5 Å². The van der Waals surface area contributed by atoms with Gasteiger partial charge < -0.3 is 4.74 Å². The highest BCUT2D eigenvalue weighted by atomic mass is 16.6. The van der Waals surface area contributed by atoms with Crippen LogP contribution in [-0.4, -0.2) is 26.6 Å². The topological polar surface area (TPSA) is 57.0 Å². The minimum absolute atomic E-state index is 0.350. The van der Waals surface area contributed by atoms with Crippen molar-refractivity contribution in [2.24, 2.45) is 5.92 Å². The lowest BCUT2D eigenvalue weighted by atomic mass is 9.84. The molecule has 1 fully saturated rings. The molecule has 2 rings (SSSR count). The predicted molar refractivity (Wildman–Crippen MR) is 81.2 cm³/mol. The summed E-state index contributed by atoms with van der Waals surface area (Å²) < 4.78 is 7.31. The SMILES string of the molecule is CCC1CCC(n2nnc(C(=O)OC(C)(C)C)c2C)CC1. The monoisotopic (exact) mass is 293 g/mol. The highest BCUT2D eigenvalue weighted by molar-refractivity contribution is 5.88. The molecule has 0 radical (unpaired) electrons. The molecule has 21 heavy (non-hydrogen) atoms. The van der Waals surface area contributed by atoms with Crippen LogP contribution < -0.4 is 0 Å². The molecule has 0 saturated heterocycles. The van der Waals surface area contributed by atoms with Gasteiger partial charge in [0, 0.05) is 0 Å². The van der Waals surface area contributed by atoms with Crippen LogP contribution in [0.15, 0.2) is 0 Å². The summed E-state index contributed by atoms with van der Waals surface area (Å²) in [6.45, 7) is 9.74. The quantitative estimate of drug-likeness (QED) is 0.798. The molecule has 0 bridgehead atoms. The number of carbonyl (C=O) groups excluding carboxylic acids is 1. The fraction of sp³-hybridized carbons (Fsp3) is 0.812. The van der Waals surface area contributed by atoms with Crippen molar-refractivity contribution in [1.29, 1.82) is 0 Å². The van der Waals surface area contributed by atoms with Crippen molar-refractivity contribution in [3.8, 4) is 0 Å². The summed E-state index contributed by atoms with van der Waals surface area (Å²) in [6, 6.07) is 0.372. The zero-order valence-electron chi connectivity index (χ0n) is 13.8. The summed E-state index contributed by atoms with van der Waals surface area (Å²) >= 11 is 0. The molecule has 5 heteroatoms. The third kappa shape index (κ3) is 3.83. The molecule has 1 aliphatic carbocycles. The summed E-state index contributed by atoms with van der Waals surface area (Å²) in [6.07, 6.45) is 5.98. The van der Waals surface area contributed by atoms with E-state index in [0.29, 0.717) is 11.7 Å². The Kier molecular flexibility index (Phi) is 4.69. The third-order valence-electron chi connectivity index (χ3n) is 4.26. The average Bonchev–Trinajstić information content (AvgIpc) is 2.79. The first-order valence-corrected chi connectivity index (χ1v) is 7.97. The lowest BCUT2D eigenvalue weighted by Gasteiger charge is -2.28. The van der Waals surface area contributed by atoms with E-state index >= 15 is 0 Å². The minimum Gasteiger partial charge on any atom is -0.455 e. The fourth-order valence-corrected chi connectivity index (χ4v) is 3.00. The maximum Gasteiger partial charge on any atom is 0.361 e. The maximum atomic E-state index is 12.1. The van der Waals surface area contributed by atoms with Crippen LogP contribution in [0, 0.1) is 12.8 Å².